The molecular formula is C16H19NO3S. The van der Waals surface area contributed by atoms with Gasteiger partial charge in [0.05, 0.1) is 23.7 Å². The SMILES string of the molecule is Cc1cc(C)c(C)c(OCCc2nc(CC(=O)O)cs2)c1. The van der Waals surface area contributed by atoms with E-state index in [4.69, 9.17) is 9.84 Å². The number of aliphatic carboxylic acids is 1. The second kappa shape index (κ2) is 6.72. The van der Waals surface area contributed by atoms with E-state index in [1.807, 2.05) is 6.07 Å². The van der Waals surface area contributed by atoms with Crippen LogP contribution in [0.2, 0.25) is 0 Å². The first kappa shape index (κ1) is 15.5. The predicted molar refractivity (Wildman–Crippen MR) is 83.3 cm³/mol. The summed E-state index contributed by atoms with van der Waals surface area (Å²) < 4.78 is 5.84. The van der Waals surface area contributed by atoms with Crippen molar-refractivity contribution in [1.29, 1.82) is 0 Å². The predicted octanol–water partition coefficient (Wildman–Crippen LogP) is 3.32. The average molecular weight is 305 g/mol. The van der Waals surface area contributed by atoms with Gasteiger partial charge in [-0.3, -0.25) is 4.79 Å². The highest BCUT2D eigenvalue weighted by Gasteiger charge is 2.08. The zero-order valence-corrected chi connectivity index (χ0v) is 13.3. The monoisotopic (exact) mass is 305 g/mol. The first-order valence-electron chi connectivity index (χ1n) is 6.81. The van der Waals surface area contributed by atoms with E-state index in [1.54, 1.807) is 5.38 Å². The molecular weight excluding hydrogens is 286 g/mol. The van der Waals surface area contributed by atoms with Crippen LogP contribution in [-0.4, -0.2) is 22.7 Å². The molecule has 21 heavy (non-hydrogen) atoms. The quantitative estimate of drug-likeness (QED) is 0.889. The van der Waals surface area contributed by atoms with Gasteiger partial charge in [-0.2, -0.15) is 0 Å². The van der Waals surface area contributed by atoms with Gasteiger partial charge >= 0.3 is 5.97 Å². The Labute approximate surface area is 128 Å². The normalized spacial score (nSPS) is 10.6. The molecule has 1 aromatic carbocycles. The number of aryl methyl sites for hydroxylation is 2. The smallest absolute Gasteiger partial charge is 0.309 e. The molecule has 0 atom stereocenters. The van der Waals surface area contributed by atoms with Gasteiger partial charge in [-0.05, 0) is 43.5 Å². The second-order valence-electron chi connectivity index (χ2n) is 5.11. The lowest BCUT2D eigenvalue weighted by atomic mass is 10.1. The van der Waals surface area contributed by atoms with Crippen LogP contribution < -0.4 is 4.74 Å². The standard InChI is InChI=1S/C16H19NO3S/c1-10-6-11(2)12(3)14(7-10)20-5-4-15-17-13(9-21-15)8-16(18)19/h6-7,9H,4-5,8H2,1-3H3,(H,18,19). The summed E-state index contributed by atoms with van der Waals surface area (Å²) in [7, 11) is 0. The fourth-order valence-electron chi connectivity index (χ4n) is 2.10. The zero-order valence-electron chi connectivity index (χ0n) is 12.5. The van der Waals surface area contributed by atoms with Crippen molar-refractivity contribution < 1.29 is 14.6 Å². The van der Waals surface area contributed by atoms with E-state index in [2.05, 4.69) is 31.8 Å². The average Bonchev–Trinajstić information content (AvgIpc) is 2.81. The van der Waals surface area contributed by atoms with E-state index in [0.717, 1.165) is 16.3 Å². The number of hydrogen-bond donors (Lipinski definition) is 1. The molecule has 0 spiro atoms. The maximum absolute atomic E-state index is 10.6. The van der Waals surface area contributed by atoms with Crippen molar-refractivity contribution in [2.45, 2.75) is 33.6 Å². The number of thiazole rings is 1. The highest BCUT2D eigenvalue weighted by Crippen LogP contribution is 2.23. The van der Waals surface area contributed by atoms with E-state index in [0.29, 0.717) is 18.7 Å². The number of aromatic nitrogens is 1. The molecule has 0 aliphatic rings. The minimum Gasteiger partial charge on any atom is -0.493 e. The van der Waals surface area contributed by atoms with Crippen molar-refractivity contribution >= 4 is 17.3 Å². The fourth-order valence-corrected chi connectivity index (χ4v) is 2.88. The Morgan fingerprint density at radius 1 is 1.33 bits per heavy atom. The minimum absolute atomic E-state index is 0.0203. The Hall–Kier alpha value is -1.88. The molecule has 1 aromatic heterocycles. The Morgan fingerprint density at radius 3 is 2.81 bits per heavy atom. The highest BCUT2D eigenvalue weighted by atomic mass is 32.1. The van der Waals surface area contributed by atoms with Crippen molar-refractivity contribution in [3.63, 3.8) is 0 Å². The van der Waals surface area contributed by atoms with Crippen molar-refractivity contribution in [3.05, 3.63) is 44.9 Å². The van der Waals surface area contributed by atoms with Gasteiger partial charge in [-0.15, -0.1) is 11.3 Å². The molecule has 0 radical (unpaired) electrons. The number of ether oxygens (including phenoxy) is 1. The molecule has 2 aromatic rings. The Morgan fingerprint density at radius 2 is 2.10 bits per heavy atom. The van der Waals surface area contributed by atoms with Gasteiger partial charge in [0.25, 0.3) is 0 Å². The molecule has 0 fully saturated rings. The molecule has 0 aliphatic carbocycles. The Balaban J connectivity index is 1.92. The molecule has 4 nitrogen and oxygen atoms in total. The molecule has 112 valence electrons. The van der Waals surface area contributed by atoms with Crippen LogP contribution in [-0.2, 0) is 17.6 Å². The third-order valence-corrected chi connectivity index (χ3v) is 4.23. The van der Waals surface area contributed by atoms with Crippen LogP contribution in [0.3, 0.4) is 0 Å². The molecule has 1 heterocycles. The molecule has 0 saturated carbocycles. The number of carboxylic acid groups (broad SMARTS) is 1. The van der Waals surface area contributed by atoms with Crippen LogP contribution in [0.5, 0.6) is 5.75 Å². The van der Waals surface area contributed by atoms with Crippen molar-refractivity contribution in [2.75, 3.05) is 6.61 Å². The molecule has 0 amide bonds. The zero-order chi connectivity index (χ0) is 15.4. The van der Waals surface area contributed by atoms with Crippen molar-refractivity contribution in [1.82, 2.24) is 4.98 Å². The van der Waals surface area contributed by atoms with Crippen LogP contribution in [0.4, 0.5) is 0 Å². The van der Waals surface area contributed by atoms with Gasteiger partial charge in [-0.25, -0.2) is 4.98 Å². The lowest BCUT2D eigenvalue weighted by Crippen LogP contribution is -2.04. The van der Waals surface area contributed by atoms with E-state index in [9.17, 15) is 4.79 Å². The summed E-state index contributed by atoms with van der Waals surface area (Å²) in [5.74, 6) is 0.0591. The van der Waals surface area contributed by atoms with Crippen LogP contribution in [0.15, 0.2) is 17.5 Å². The molecule has 0 bridgehead atoms. The summed E-state index contributed by atoms with van der Waals surface area (Å²) in [4.78, 5) is 14.9. The summed E-state index contributed by atoms with van der Waals surface area (Å²) in [6, 6.07) is 4.18. The molecule has 0 saturated heterocycles. The van der Waals surface area contributed by atoms with Gasteiger partial charge in [0.15, 0.2) is 0 Å². The lowest BCUT2D eigenvalue weighted by Gasteiger charge is -2.11. The van der Waals surface area contributed by atoms with Crippen molar-refractivity contribution in [2.24, 2.45) is 0 Å². The number of nitrogens with zero attached hydrogens (tertiary/aromatic N) is 1. The second-order valence-corrected chi connectivity index (χ2v) is 6.05. The van der Waals surface area contributed by atoms with E-state index >= 15 is 0 Å². The maximum atomic E-state index is 10.6. The largest absolute Gasteiger partial charge is 0.493 e. The highest BCUT2D eigenvalue weighted by molar-refractivity contribution is 7.09. The number of carbonyl (C=O) groups is 1. The number of rotatable bonds is 6. The summed E-state index contributed by atoms with van der Waals surface area (Å²) in [6.07, 6.45) is 0.671. The van der Waals surface area contributed by atoms with Gasteiger partial charge < -0.3 is 9.84 Å². The molecule has 0 aliphatic heterocycles. The van der Waals surface area contributed by atoms with Gasteiger partial charge in [0.1, 0.15) is 5.75 Å². The summed E-state index contributed by atoms with van der Waals surface area (Å²) in [6.45, 7) is 6.73. The maximum Gasteiger partial charge on any atom is 0.309 e. The fraction of sp³-hybridized carbons (Fsp3) is 0.375. The van der Waals surface area contributed by atoms with E-state index < -0.39 is 5.97 Å². The van der Waals surface area contributed by atoms with Gasteiger partial charge in [0.2, 0.25) is 0 Å². The van der Waals surface area contributed by atoms with E-state index in [-0.39, 0.29) is 6.42 Å². The molecule has 5 heteroatoms. The summed E-state index contributed by atoms with van der Waals surface area (Å²) in [5, 5.41) is 11.4. The van der Waals surface area contributed by atoms with Crippen molar-refractivity contribution in [3.8, 4) is 5.75 Å². The molecule has 1 N–H and O–H groups in total. The third kappa shape index (κ3) is 4.29. The van der Waals surface area contributed by atoms with Crippen LogP contribution in [0.25, 0.3) is 0 Å². The molecule has 0 unspecified atom stereocenters. The molecule has 2 rings (SSSR count). The number of benzene rings is 1. The van der Waals surface area contributed by atoms with Crippen LogP contribution in [0, 0.1) is 20.8 Å². The van der Waals surface area contributed by atoms with E-state index in [1.165, 1.54) is 22.5 Å². The Bertz CT molecular complexity index is 649. The summed E-state index contributed by atoms with van der Waals surface area (Å²) in [5.41, 5.74) is 4.19. The Kier molecular flexibility index (Phi) is 4.96. The third-order valence-electron chi connectivity index (χ3n) is 3.27. The summed E-state index contributed by atoms with van der Waals surface area (Å²) >= 11 is 1.48. The first-order valence-corrected chi connectivity index (χ1v) is 7.69. The lowest BCUT2D eigenvalue weighted by molar-refractivity contribution is -0.136. The topological polar surface area (TPSA) is 59.4 Å². The number of hydrogen-bond acceptors (Lipinski definition) is 4. The van der Waals surface area contributed by atoms with Crippen LogP contribution >= 0.6 is 11.3 Å². The minimum atomic E-state index is -0.853. The van der Waals surface area contributed by atoms with Gasteiger partial charge in [0, 0.05) is 11.8 Å². The van der Waals surface area contributed by atoms with Crippen LogP contribution in [0.1, 0.15) is 27.4 Å². The van der Waals surface area contributed by atoms with Gasteiger partial charge in [-0.1, -0.05) is 6.07 Å². The number of carboxylic acids is 1. The first-order chi connectivity index (χ1) is 9.95.